The molecule has 0 fully saturated rings. The highest BCUT2D eigenvalue weighted by Gasteiger charge is 2.24. The lowest BCUT2D eigenvalue weighted by molar-refractivity contribution is -0.122. The summed E-state index contributed by atoms with van der Waals surface area (Å²) < 4.78 is 28.3. The first-order chi connectivity index (χ1) is 11.4. The molecular formula is C16H21N3O4S. The summed E-state index contributed by atoms with van der Waals surface area (Å²) in [6.45, 7) is 2.01. The molecule has 1 aromatic heterocycles. The molecule has 2 aromatic rings. The topological polar surface area (TPSA) is 102 Å². The first-order valence-electron chi connectivity index (χ1n) is 7.77. The van der Waals surface area contributed by atoms with Crippen molar-refractivity contribution in [1.29, 1.82) is 0 Å². The molecule has 1 aromatic carbocycles. The summed E-state index contributed by atoms with van der Waals surface area (Å²) in [5.74, 6) is -0.0407. The second-order valence-corrected chi connectivity index (χ2v) is 7.49. The molecule has 1 heterocycles. The van der Waals surface area contributed by atoms with Gasteiger partial charge in [-0.05, 0) is 12.0 Å². The Hall–Kier alpha value is -2.22. The van der Waals surface area contributed by atoms with Crippen LogP contribution in [0.15, 0.2) is 40.0 Å². The fourth-order valence-electron chi connectivity index (χ4n) is 2.16. The number of nitrogens with one attached hydrogen (secondary N) is 1. The molecule has 0 unspecified atom stereocenters. The van der Waals surface area contributed by atoms with Gasteiger partial charge in [-0.1, -0.05) is 48.8 Å². The number of nitrogens with zero attached hydrogens (tertiary/aromatic N) is 2. The summed E-state index contributed by atoms with van der Waals surface area (Å²) >= 11 is 0. The Balaban J connectivity index is 2.21. The Morgan fingerprint density at radius 3 is 2.54 bits per heavy atom. The molecule has 0 aliphatic heterocycles. The molecule has 0 aliphatic rings. The summed E-state index contributed by atoms with van der Waals surface area (Å²) in [7, 11) is -3.58. The van der Waals surface area contributed by atoms with Gasteiger partial charge in [0.25, 0.3) is 0 Å². The molecule has 2 rings (SSSR count). The van der Waals surface area contributed by atoms with Gasteiger partial charge < -0.3 is 9.73 Å². The van der Waals surface area contributed by atoms with Crippen molar-refractivity contribution in [1.82, 2.24) is 15.5 Å². The molecule has 0 saturated carbocycles. The van der Waals surface area contributed by atoms with Crippen LogP contribution in [0.3, 0.4) is 0 Å². The van der Waals surface area contributed by atoms with E-state index in [0.29, 0.717) is 12.8 Å². The molecule has 0 aliphatic carbocycles. The van der Waals surface area contributed by atoms with Gasteiger partial charge in [-0.3, -0.25) is 4.79 Å². The van der Waals surface area contributed by atoms with Crippen molar-refractivity contribution >= 4 is 15.7 Å². The normalized spacial score (nSPS) is 12.8. The molecule has 0 radical (unpaired) electrons. The molecular weight excluding hydrogens is 330 g/mol. The van der Waals surface area contributed by atoms with E-state index in [1.54, 1.807) is 0 Å². The maximum atomic E-state index is 12.1. The number of amides is 1. The smallest absolute Gasteiger partial charge is 0.335 e. The van der Waals surface area contributed by atoms with Crippen molar-refractivity contribution < 1.29 is 17.6 Å². The zero-order valence-corrected chi connectivity index (χ0v) is 14.5. The van der Waals surface area contributed by atoms with Gasteiger partial charge in [0.15, 0.2) is 0 Å². The minimum absolute atomic E-state index is 0.0872. The lowest BCUT2D eigenvalue weighted by Gasteiger charge is -2.15. The largest absolute Gasteiger partial charge is 0.410 e. The molecule has 24 heavy (non-hydrogen) atoms. The lowest BCUT2D eigenvalue weighted by atomic mass is 10.1. The predicted molar refractivity (Wildman–Crippen MR) is 88.0 cm³/mol. The Bertz CT molecular complexity index is 772. The predicted octanol–water partition coefficient (Wildman–Crippen LogP) is 2.06. The van der Waals surface area contributed by atoms with Crippen molar-refractivity contribution in [3.8, 4) is 0 Å². The number of hydrogen-bond donors (Lipinski definition) is 1. The highest BCUT2D eigenvalue weighted by molar-refractivity contribution is 7.90. The van der Waals surface area contributed by atoms with Gasteiger partial charge >= 0.3 is 5.22 Å². The first-order valence-corrected chi connectivity index (χ1v) is 9.66. The van der Waals surface area contributed by atoms with Crippen LogP contribution in [0.5, 0.6) is 0 Å². The van der Waals surface area contributed by atoms with Gasteiger partial charge in [-0.15, -0.1) is 5.10 Å². The first kappa shape index (κ1) is 18.1. The van der Waals surface area contributed by atoms with Gasteiger partial charge in [0, 0.05) is 19.1 Å². The minimum Gasteiger partial charge on any atom is -0.410 e. The number of sulfone groups is 1. The van der Waals surface area contributed by atoms with Crippen molar-refractivity contribution in [2.45, 2.75) is 43.9 Å². The third-order valence-corrected chi connectivity index (χ3v) is 4.21. The summed E-state index contributed by atoms with van der Waals surface area (Å²) in [6.07, 6.45) is 3.52. The van der Waals surface area contributed by atoms with Gasteiger partial charge in [0.05, 0.1) is 0 Å². The zero-order valence-electron chi connectivity index (χ0n) is 13.7. The number of benzene rings is 1. The van der Waals surface area contributed by atoms with Crippen LogP contribution in [0.25, 0.3) is 0 Å². The summed E-state index contributed by atoms with van der Waals surface area (Å²) in [6, 6.07) is 8.94. The third kappa shape index (κ3) is 5.16. The van der Waals surface area contributed by atoms with Crippen LogP contribution in [0.1, 0.15) is 43.7 Å². The fourth-order valence-corrected chi connectivity index (χ4v) is 2.59. The fraction of sp³-hybridized carbons (Fsp3) is 0.438. The zero-order chi connectivity index (χ0) is 17.6. The molecule has 0 bridgehead atoms. The number of aromatic nitrogens is 2. The second-order valence-electron chi connectivity index (χ2n) is 5.59. The lowest BCUT2D eigenvalue weighted by Crippen LogP contribution is -2.30. The monoisotopic (exact) mass is 351 g/mol. The SMILES string of the molecule is CCCCC(=O)N[C@@H](Cc1ccccc1)c1nnc(S(C)(=O)=O)o1. The van der Waals surface area contributed by atoms with E-state index in [4.69, 9.17) is 4.42 Å². The van der Waals surface area contributed by atoms with E-state index in [2.05, 4.69) is 15.5 Å². The molecule has 7 nitrogen and oxygen atoms in total. The van der Waals surface area contributed by atoms with E-state index >= 15 is 0 Å². The standard InChI is InChI=1S/C16H21N3O4S/c1-3-4-10-14(20)17-13(11-12-8-6-5-7-9-12)15-18-19-16(23-15)24(2,21)22/h5-9,13H,3-4,10-11H2,1-2H3,(H,17,20)/t13-/m0/s1. The molecule has 8 heteroatoms. The van der Waals surface area contributed by atoms with E-state index in [9.17, 15) is 13.2 Å². The van der Waals surface area contributed by atoms with Gasteiger partial charge in [-0.25, -0.2) is 8.42 Å². The molecule has 1 atom stereocenters. The van der Waals surface area contributed by atoms with Crippen LogP contribution in [-0.4, -0.2) is 30.8 Å². The number of carbonyl (C=O) groups excluding carboxylic acids is 1. The van der Waals surface area contributed by atoms with Crippen LogP contribution in [0.4, 0.5) is 0 Å². The van der Waals surface area contributed by atoms with E-state index < -0.39 is 21.1 Å². The van der Waals surface area contributed by atoms with Gasteiger partial charge in [0.1, 0.15) is 6.04 Å². The molecule has 0 saturated heterocycles. The average molecular weight is 351 g/mol. The van der Waals surface area contributed by atoms with Gasteiger partial charge in [-0.2, -0.15) is 0 Å². The third-order valence-electron chi connectivity index (χ3n) is 3.41. The maximum Gasteiger partial charge on any atom is 0.335 e. The maximum absolute atomic E-state index is 12.1. The molecule has 130 valence electrons. The van der Waals surface area contributed by atoms with Crippen molar-refractivity contribution in [2.75, 3.05) is 6.26 Å². The highest BCUT2D eigenvalue weighted by atomic mass is 32.2. The van der Waals surface area contributed by atoms with E-state index in [1.807, 2.05) is 37.3 Å². The molecule has 0 spiro atoms. The van der Waals surface area contributed by atoms with Crippen molar-refractivity contribution in [3.63, 3.8) is 0 Å². The number of hydrogen-bond acceptors (Lipinski definition) is 6. The number of unbranched alkanes of at least 4 members (excludes halogenated alkanes) is 1. The Kier molecular flexibility index (Phi) is 6.08. The van der Waals surface area contributed by atoms with E-state index in [-0.39, 0.29) is 11.8 Å². The van der Waals surface area contributed by atoms with Crippen LogP contribution in [-0.2, 0) is 21.1 Å². The van der Waals surface area contributed by atoms with E-state index in [0.717, 1.165) is 24.7 Å². The summed E-state index contributed by atoms with van der Waals surface area (Å²) in [5, 5.41) is 9.77. The van der Waals surface area contributed by atoms with Crippen LogP contribution in [0.2, 0.25) is 0 Å². The van der Waals surface area contributed by atoms with Crippen molar-refractivity contribution in [3.05, 3.63) is 41.8 Å². The van der Waals surface area contributed by atoms with Gasteiger partial charge in [0.2, 0.25) is 21.6 Å². The van der Waals surface area contributed by atoms with Crippen LogP contribution >= 0.6 is 0 Å². The van der Waals surface area contributed by atoms with Crippen molar-refractivity contribution in [2.24, 2.45) is 0 Å². The number of rotatable bonds is 8. The van der Waals surface area contributed by atoms with Crippen LogP contribution < -0.4 is 5.32 Å². The highest BCUT2D eigenvalue weighted by Crippen LogP contribution is 2.19. The quantitative estimate of drug-likeness (QED) is 0.781. The van der Waals surface area contributed by atoms with E-state index in [1.165, 1.54) is 0 Å². The molecule has 1 amide bonds. The Morgan fingerprint density at radius 2 is 1.96 bits per heavy atom. The second kappa shape index (κ2) is 8.05. The Morgan fingerprint density at radius 1 is 1.25 bits per heavy atom. The average Bonchev–Trinajstić information content (AvgIpc) is 3.03. The Labute approximate surface area is 141 Å². The summed E-state index contributed by atoms with van der Waals surface area (Å²) in [5.41, 5.74) is 0.970. The molecule has 1 N–H and O–H groups in total. The summed E-state index contributed by atoms with van der Waals surface area (Å²) in [4.78, 5) is 12.1. The number of carbonyl (C=O) groups is 1. The minimum atomic E-state index is -3.58. The van der Waals surface area contributed by atoms with Crippen LogP contribution in [0, 0.1) is 0 Å².